The fraction of sp³-hybridized carbons (Fsp3) is 0.538. The summed E-state index contributed by atoms with van der Waals surface area (Å²) in [4.78, 5) is 0. The lowest BCUT2D eigenvalue weighted by atomic mass is 10.5. The fourth-order valence-electron chi connectivity index (χ4n) is 1.92. The highest BCUT2D eigenvalue weighted by Gasteiger charge is 2.46. The average molecular weight is 485 g/mol. The first-order chi connectivity index (χ1) is 13.5. The number of imidazole rings is 1. The van der Waals surface area contributed by atoms with Crippen molar-refractivity contribution in [2.75, 3.05) is 0 Å². The van der Waals surface area contributed by atoms with Crippen LogP contribution in [0.4, 0.5) is 26.3 Å². The molecule has 0 saturated carbocycles. The zero-order chi connectivity index (χ0) is 23.4. The molecule has 0 fully saturated rings. The lowest BCUT2D eigenvalue weighted by molar-refractivity contribution is -0.708. The fourth-order valence-corrected chi connectivity index (χ4v) is 3.63. The minimum Gasteiger partial charge on any atom is -0.421 e. The van der Waals surface area contributed by atoms with Crippen LogP contribution in [0.3, 0.4) is 0 Å². The van der Waals surface area contributed by atoms with Crippen LogP contribution in [0.15, 0.2) is 30.9 Å². The summed E-state index contributed by atoms with van der Waals surface area (Å²) >= 11 is 0. The summed E-state index contributed by atoms with van der Waals surface area (Å²) < 4.78 is 116. The van der Waals surface area contributed by atoms with E-state index in [2.05, 4.69) is 40.5 Å². The van der Waals surface area contributed by atoms with Gasteiger partial charge in [-0.15, -0.1) is 0 Å². The van der Waals surface area contributed by atoms with Crippen molar-refractivity contribution in [1.29, 1.82) is 0 Å². The molecule has 0 saturated heterocycles. The monoisotopic (exact) mass is 485 g/mol. The van der Waals surface area contributed by atoms with E-state index in [1.807, 2.05) is 16.9 Å². The molecule has 0 unspecified atom stereocenters. The summed E-state index contributed by atoms with van der Waals surface area (Å²) in [5.41, 5.74) is -12.4. The normalized spacial score (nSPS) is 13.1. The number of rotatable bonds is 6. The summed E-state index contributed by atoms with van der Waals surface area (Å²) in [7, 11) is -13.4. The van der Waals surface area contributed by atoms with Crippen molar-refractivity contribution in [1.82, 2.24) is 14.3 Å². The van der Waals surface area contributed by atoms with Crippen LogP contribution < -0.4 is 4.57 Å². The molecule has 172 valence electrons. The van der Waals surface area contributed by atoms with Gasteiger partial charge in [0, 0.05) is 19.3 Å². The summed E-state index contributed by atoms with van der Waals surface area (Å²) in [5, 5.41) is 4.19. The number of sulfonamides is 2. The highest BCUT2D eigenvalue weighted by Crippen LogP contribution is 2.36. The quantitative estimate of drug-likeness (QED) is 0.461. The molecule has 2 aromatic heterocycles. The highest BCUT2D eigenvalue weighted by atomic mass is 32.3. The summed E-state index contributed by atoms with van der Waals surface area (Å²) in [6.45, 7) is 6.20. The summed E-state index contributed by atoms with van der Waals surface area (Å²) in [6, 6.07) is 1.94. The van der Waals surface area contributed by atoms with Gasteiger partial charge in [-0.1, -0.05) is 6.92 Å². The van der Waals surface area contributed by atoms with Crippen LogP contribution in [-0.4, -0.2) is 42.2 Å². The molecule has 9 nitrogen and oxygen atoms in total. The van der Waals surface area contributed by atoms with Gasteiger partial charge in [0.2, 0.25) is 0 Å². The van der Waals surface area contributed by atoms with Crippen molar-refractivity contribution in [3.8, 4) is 0 Å². The third kappa shape index (κ3) is 6.69. The summed E-state index contributed by atoms with van der Waals surface area (Å²) in [5.74, 6) is 1.27. The molecule has 30 heavy (non-hydrogen) atoms. The van der Waals surface area contributed by atoms with Crippen LogP contribution in [0, 0.1) is 6.92 Å². The third-order valence-corrected chi connectivity index (χ3v) is 6.10. The van der Waals surface area contributed by atoms with E-state index in [1.54, 1.807) is 6.20 Å². The van der Waals surface area contributed by atoms with E-state index < -0.39 is 31.1 Å². The molecule has 17 heteroatoms. The van der Waals surface area contributed by atoms with Crippen molar-refractivity contribution in [2.45, 2.75) is 44.5 Å². The molecule has 0 aliphatic rings. The number of halogens is 6. The second kappa shape index (κ2) is 9.34. The van der Waals surface area contributed by atoms with Gasteiger partial charge in [-0.05, 0) is 12.5 Å². The van der Waals surface area contributed by atoms with Crippen LogP contribution in [0.5, 0.6) is 0 Å². The molecular weight excluding hydrogens is 468 g/mol. The van der Waals surface area contributed by atoms with E-state index in [0.29, 0.717) is 0 Å². The van der Waals surface area contributed by atoms with E-state index >= 15 is 0 Å². The van der Waals surface area contributed by atoms with Crippen LogP contribution >= 0.6 is 0 Å². The van der Waals surface area contributed by atoms with Gasteiger partial charge in [0.1, 0.15) is 12.4 Å². The van der Waals surface area contributed by atoms with E-state index in [1.165, 1.54) is 5.82 Å². The molecule has 0 N–H and O–H groups in total. The van der Waals surface area contributed by atoms with Crippen LogP contribution in [0.1, 0.15) is 19.2 Å². The molecule has 0 amide bonds. The van der Waals surface area contributed by atoms with Crippen molar-refractivity contribution in [3.63, 3.8) is 0 Å². The number of aromatic nitrogens is 4. The molecule has 0 spiro atoms. The first kappa shape index (κ1) is 25.9. The zero-order valence-corrected chi connectivity index (χ0v) is 17.1. The van der Waals surface area contributed by atoms with Gasteiger partial charge in [-0.25, -0.2) is 30.7 Å². The Kier molecular flexibility index (Phi) is 8.06. The van der Waals surface area contributed by atoms with Gasteiger partial charge in [0.25, 0.3) is 5.82 Å². The Morgan fingerprint density at radius 3 is 1.97 bits per heavy atom. The van der Waals surface area contributed by atoms with Crippen molar-refractivity contribution in [3.05, 3.63) is 40.8 Å². The third-order valence-electron chi connectivity index (χ3n) is 3.36. The smallest absolute Gasteiger partial charge is 0.421 e. The molecule has 0 aliphatic heterocycles. The first-order valence-corrected chi connectivity index (χ1v) is 10.8. The van der Waals surface area contributed by atoms with Crippen molar-refractivity contribution < 1.29 is 47.7 Å². The Bertz CT molecular complexity index is 985. The Labute approximate surface area is 168 Å². The second-order valence-corrected chi connectivity index (χ2v) is 9.03. The van der Waals surface area contributed by atoms with Crippen molar-refractivity contribution >= 4 is 20.0 Å². The molecule has 0 atom stereocenters. The highest BCUT2D eigenvalue weighted by molar-refractivity contribution is 8.13. The van der Waals surface area contributed by atoms with Crippen molar-refractivity contribution in [2.24, 2.45) is 0 Å². The molecule has 0 aromatic carbocycles. The predicted molar refractivity (Wildman–Crippen MR) is 90.6 cm³/mol. The maximum Gasteiger partial charge on any atom is 0.480 e. The zero-order valence-electron chi connectivity index (χ0n) is 15.5. The predicted octanol–water partition coefficient (Wildman–Crippen LogP) is 2.26. The lowest BCUT2D eigenvalue weighted by Crippen LogP contribution is -2.39. The van der Waals surface area contributed by atoms with E-state index in [-0.39, 0.29) is 0 Å². The summed E-state index contributed by atoms with van der Waals surface area (Å²) in [6.07, 6.45) is 9.18. The molecule has 2 aromatic rings. The van der Waals surface area contributed by atoms with Gasteiger partial charge in [-0.3, -0.25) is 0 Å². The van der Waals surface area contributed by atoms with Gasteiger partial charge >= 0.3 is 11.0 Å². The minimum atomic E-state index is -6.72. The molecule has 2 heterocycles. The maximum absolute atomic E-state index is 11.4. The van der Waals surface area contributed by atoms with Gasteiger partial charge < -0.3 is 4.13 Å². The van der Waals surface area contributed by atoms with Gasteiger partial charge in [0.15, 0.2) is 26.7 Å². The maximum atomic E-state index is 11.4. The topological polar surface area (TPSA) is 109 Å². The van der Waals surface area contributed by atoms with Crippen LogP contribution in [-0.2, 0) is 33.3 Å². The Morgan fingerprint density at radius 2 is 1.57 bits per heavy atom. The van der Waals surface area contributed by atoms with E-state index in [0.717, 1.165) is 23.8 Å². The SMILES string of the molecule is CCCn1cc[n+](Cn2cccn2)c1C.O=S(=O)([N-]S(=O)(=O)C(F)(F)F)C(F)(F)F. The number of aryl methyl sites for hydroxylation is 1. The second-order valence-electron chi connectivity index (χ2n) is 5.61. The first-order valence-electron chi connectivity index (χ1n) is 7.91. The molecule has 0 aliphatic carbocycles. The van der Waals surface area contributed by atoms with E-state index in [4.69, 9.17) is 0 Å². The number of alkyl halides is 6. The molecule has 2 rings (SSSR count). The number of hydrogen-bond donors (Lipinski definition) is 0. The van der Waals surface area contributed by atoms with Gasteiger partial charge in [0.05, 0.1) is 6.54 Å². The van der Waals surface area contributed by atoms with Gasteiger partial charge in [-0.2, -0.15) is 31.4 Å². The Morgan fingerprint density at radius 1 is 1.03 bits per heavy atom. The average Bonchev–Trinajstić information content (AvgIpc) is 3.18. The van der Waals surface area contributed by atoms with Crippen LogP contribution in [0.25, 0.3) is 4.13 Å². The minimum absolute atomic E-state index is 0.778. The molecular formula is C13H17F6N5O4S2. The van der Waals surface area contributed by atoms with Crippen LogP contribution in [0.2, 0.25) is 0 Å². The number of hydrogen-bond acceptors (Lipinski definition) is 5. The molecule has 0 radical (unpaired) electrons. The standard InChI is InChI=1S/C11H17N4.C2F6NO4S2/c1-3-6-13-8-9-14(11(13)2)10-15-7-4-5-12-15;3-1(4,5)14(10,11)9-15(12,13)2(6,7)8/h4-5,7-9H,3,6,10H2,1-2H3;/q+1;-1. The Balaban J connectivity index is 0.000000300. The largest absolute Gasteiger partial charge is 0.480 e. The number of nitrogens with zero attached hydrogens (tertiary/aromatic N) is 5. The molecule has 0 bridgehead atoms. The van der Waals surface area contributed by atoms with E-state index in [9.17, 15) is 43.2 Å². The Hall–Kier alpha value is -2.14. The lowest BCUT2D eigenvalue weighted by Gasteiger charge is -2.22.